The van der Waals surface area contributed by atoms with Gasteiger partial charge < -0.3 is 18.9 Å². The van der Waals surface area contributed by atoms with Crippen molar-refractivity contribution in [3.63, 3.8) is 0 Å². The molecule has 2 unspecified atom stereocenters. The molecule has 0 aliphatic rings. The molecule has 9 heteroatoms. The van der Waals surface area contributed by atoms with Crippen LogP contribution in [0.2, 0.25) is 0 Å². The molecule has 0 amide bonds. The lowest BCUT2D eigenvalue weighted by Crippen LogP contribution is -2.37. The lowest BCUT2D eigenvalue weighted by Gasteiger charge is -2.24. The molecule has 0 rings (SSSR count). The van der Waals surface area contributed by atoms with Gasteiger partial charge in [0.1, 0.15) is 19.3 Å². The summed E-state index contributed by atoms with van der Waals surface area (Å²) in [7, 11) is 1.65. The number of ether oxygens (including phenoxy) is 2. The third-order valence-corrected chi connectivity index (χ3v) is 12.2. The smallest absolute Gasteiger partial charge is 0.457 e. The van der Waals surface area contributed by atoms with Gasteiger partial charge in [-0.05, 0) is 89.9 Å². The molecule has 66 heavy (non-hydrogen) atoms. The van der Waals surface area contributed by atoms with Crippen LogP contribution in [0.25, 0.3) is 0 Å². The minimum atomic E-state index is -4.29. The van der Waals surface area contributed by atoms with E-state index in [1.807, 2.05) is 21.1 Å². The van der Waals surface area contributed by atoms with Gasteiger partial charge in [-0.25, -0.2) is 4.57 Å². The first-order valence-electron chi connectivity index (χ1n) is 26.8. The first kappa shape index (κ1) is 63.7. The summed E-state index contributed by atoms with van der Waals surface area (Å²) in [6.45, 7) is 5.47. The molecule has 0 fully saturated rings. The first-order valence-corrected chi connectivity index (χ1v) is 28.3. The van der Waals surface area contributed by atoms with Gasteiger partial charge in [0.05, 0.1) is 34.4 Å². The fourth-order valence-corrected chi connectivity index (χ4v) is 7.82. The van der Waals surface area contributed by atoms with Crippen LogP contribution in [0.1, 0.15) is 213 Å². The Balaban J connectivity index is 4.17. The second-order valence-electron chi connectivity index (χ2n) is 18.9. The van der Waals surface area contributed by atoms with Gasteiger partial charge in [0.25, 0.3) is 0 Å². The van der Waals surface area contributed by atoms with Crippen LogP contribution in [0.15, 0.2) is 85.1 Å². The maximum Gasteiger partial charge on any atom is 0.472 e. The number of carbonyl (C=O) groups is 1. The van der Waals surface area contributed by atoms with Crippen LogP contribution in [0.4, 0.5) is 0 Å². The molecule has 0 aromatic rings. The zero-order valence-corrected chi connectivity index (χ0v) is 44.3. The topological polar surface area (TPSA) is 91.3 Å². The number of unbranched alkanes of at least 4 members (excludes halogenated alkanes) is 21. The summed E-state index contributed by atoms with van der Waals surface area (Å²) in [5, 5.41) is 0. The van der Waals surface area contributed by atoms with E-state index in [4.69, 9.17) is 18.5 Å². The average molecular weight is 945 g/mol. The number of carbonyl (C=O) groups excluding carboxylic acids is 1. The molecule has 1 N–H and O–H groups in total. The van der Waals surface area contributed by atoms with E-state index in [0.717, 1.165) is 77.0 Å². The third kappa shape index (κ3) is 52.6. The number of hydrogen-bond donors (Lipinski definition) is 1. The lowest BCUT2D eigenvalue weighted by atomic mass is 10.1. The highest BCUT2D eigenvalue weighted by molar-refractivity contribution is 7.47. The highest BCUT2D eigenvalue weighted by Crippen LogP contribution is 2.43. The third-order valence-electron chi connectivity index (χ3n) is 11.2. The van der Waals surface area contributed by atoms with Gasteiger partial charge in [0, 0.05) is 13.0 Å². The fourth-order valence-electron chi connectivity index (χ4n) is 7.08. The summed E-state index contributed by atoms with van der Waals surface area (Å²) in [5.41, 5.74) is 0. The maximum atomic E-state index is 12.8. The van der Waals surface area contributed by atoms with Crippen LogP contribution in [-0.4, -0.2) is 75.6 Å². The van der Waals surface area contributed by atoms with Crippen molar-refractivity contribution in [3.05, 3.63) is 85.1 Å². The number of phosphoric acid groups is 1. The molecule has 0 bridgehead atoms. The summed E-state index contributed by atoms with van der Waals surface area (Å²) < 4.78 is 35.2. The Labute approximate surface area is 407 Å². The summed E-state index contributed by atoms with van der Waals surface area (Å²) in [6, 6.07) is 0. The number of rotatable bonds is 49. The van der Waals surface area contributed by atoms with E-state index in [1.54, 1.807) is 0 Å². The Hall–Kier alpha value is -2.32. The minimum absolute atomic E-state index is 0.0815. The van der Waals surface area contributed by atoms with Crippen LogP contribution < -0.4 is 0 Å². The van der Waals surface area contributed by atoms with Crippen molar-refractivity contribution in [2.45, 2.75) is 219 Å². The van der Waals surface area contributed by atoms with Gasteiger partial charge in [-0.3, -0.25) is 13.8 Å². The number of nitrogens with zero attached hydrogens (tertiary/aromatic N) is 1. The molecular formula is C57H103NO7P+. The molecule has 382 valence electrons. The molecule has 0 spiro atoms. The van der Waals surface area contributed by atoms with Crippen molar-refractivity contribution in [1.29, 1.82) is 0 Å². The zero-order valence-electron chi connectivity index (χ0n) is 43.4. The largest absolute Gasteiger partial charge is 0.472 e. The van der Waals surface area contributed by atoms with Crippen molar-refractivity contribution in [1.82, 2.24) is 0 Å². The highest BCUT2D eigenvalue weighted by Gasteiger charge is 2.26. The minimum Gasteiger partial charge on any atom is -0.457 e. The predicted octanol–water partition coefficient (Wildman–Crippen LogP) is 16.8. The van der Waals surface area contributed by atoms with E-state index in [9.17, 15) is 14.3 Å². The number of phosphoric ester groups is 1. The Morgan fingerprint density at radius 3 is 1.33 bits per heavy atom. The molecule has 0 aliphatic carbocycles. The van der Waals surface area contributed by atoms with Crippen molar-refractivity contribution in [2.75, 3.05) is 54.1 Å². The van der Waals surface area contributed by atoms with Gasteiger partial charge >= 0.3 is 13.8 Å². The van der Waals surface area contributed by atoms with Crippen molar-refractivity contribution in [3.8, 4) is 0 Å². The SMILES string of the molecule is CC/C=C\C/C=C\C/C=C\C/C=C\C/C=C\C/C=C\CCCCCCCCCOCC(COP(=O)(O)OCC[N+](C)(C)C)OC(=O)CCCCCCCCC/C=C\CCCCCCCCC. The van der Waals surface area contributed by atoms with Crippen LogP contribution in [0.5, 0.6) is 0 Å². The first-order chi connectivity index (χ1) is 32.1. The van der Waals surface area contributed by atoms with E-state index in [0.29, 0.717) is 24.1 Å². The average Bonchev–Trinajstić information content (AvgIpc) is 3.28. The Morgan fingerprint density at radius 2 is 0.879 bits per heavy atom. The zero-order chi connectivity index (χ0) is 48.3. The summed E-state index contributed by atoms with van der Waals surface area (Å²) in [5.74, 6) is -0.324. The van der Waals surface area contributed by atoms with Crippen molar-refractivity contribution < 1.29 is 37.3 Å². The number of hydrogen-bond acceptors (Lipinski definition) is 6. The number of likely N-dealkylation sites (N-methyl/N-ethyl adjacent to an activating group) is 1. The molecular weight excluding hydrogens is 842 g/mol. The number of esters is 1. The van der Waals surface area contributed by atoms with Crippen LogP contribution in [0.3, 0.4) is 0 Å². The van der Waals surface area contributed by atoms with Crippen LogP contribution >= 0.6 is 7.82 Å². The van der Waals surface area contributed by atoms with Gasteiger partial charge in [0.15, 0.2) is 0 Å². The number of quaternary nitrogens is 1. The Kier molecular flexibility index (Phi) is 47.4. The molecule has 0 saturated carbocycles. The van der Waals surface area contributed by atoms with E-state index >= 15 is 0 Å². The van der Waals surface area contributed by atoms with E-state index in [-0.39, 0.29) is 25.8 Å². The van der Waals surface area contributed by atoms with E-state index < -0.39 is 13.9 Å². The predicted molar refractivity (Wildman–Crippen MR) is 284 cm³/mol. The van der Waals surface area contributed by atoms with Gasteiger partial charge in [-0.15, -0.1) is 0 Å². The van der Waals surface area contributed by atoms with Gasteiger partial charge in [0.2, 0.25) is 0 Å². The summed E-state index contributed by atoms with van der Waals surface area (Å²) in [4.78, 5) is 23.0. The molecule has 0 aromatic carbocycles. The molecule has 0 heterocycles. The highest BCUT2D eigenvalue weighted by atomic mass is 31.2. The Bertz CT molecular complexity index is 1330. The Morgan fingerprint density at radius 1 is 0.485 bits per heavy atom. The second-order valence-corrected chi connectivity index (χ2v) is 20.3. The summed E-state index contributed by atoms with van der Waals surface area (Å²) in [6.07, 6.45) is 66.3. The van der Waals surface area contributed by atoms with Crippen LogP contribution in [-0.2, 0) is 27.9 Å². The quantitative estimate of drug-likeness (QED) is 0.0214. The van der Waals surface area contributed by atoms with Gasteiger partial charge in [-0.1, -0.05) is 202 Å². The van der Waals surface area contributed by atoms with Crippen LogP contribution in [0, 0.1) is 0 Å². The standard InChI is InChI=1S/C57H102NO7P/c1-6-8-10-12-14-16-18-20-22-24-26-27-28-29-30-31-32-33-35-37-39-41-43-45-47-49-52-62-54-56(55-64-66(60,61)63-53-51-58(3,4)5)65-57(59)50-48-46-44-42-40-38-36-34-25-23-21-19-17-15-13-11-9-7-2/h8,10,14,16,20,22-23,25-27,29-30,32-33,56H,6-7,9,11-13,15,17-19,21,24,28,31,34-55H2,1-5H3/p+1/b10-8-,16-14-,22-20-,25-23-,27-26-,30-29-,33-32-. The summed E-state index contributed by atoms with van der Waals surface area (Å²) >= 11 is 0. The van der Waals surface area contributed by atoms with E-state index in [1.165, 1.54) is 116 Å². The molecule has 8 nitrogen and oxygen atoms in total. The van der Waals surface area contributed by atoms with E-state index in [2.05, 4.69) is 98.9 Å². The molecule has 0 saturated heterocycles. The molecule has 0 aromatic heterocycles. The monoisotopic (exact) mass is 945 g/mol. The fraction of sp³-hybridized carbons (Fsp3) is 0.737. The maximum absolute atomic E-state index is 12.8. The second kappa shape index (κ2) is 49.1. The van der Waals surface area contributed by atoms with Crippen molar-refractivity contribution in [2.24, 2.45) is 0 Å². The molecule has 0 radical (unpaired) electrons. The molecule has 2 atom stereocenters. The van der Waals surface area contributed by atoms with Gasteiger partial charge in [-0.2, -0.15) is 0 Å². The lowest BCUT2D eigenvalue weighted by molar-refractivity contribution is -0.870. The molecule has 0 aliphatic heterocycles. The van der Waals surface area contributed by atoms with Crippen molar-refractivity contribution >= 4 is 13.8 Å². The normalized spacial score (nSPS) is 14.2. The number of allylic oxidation sites excluding steroid dienone is 14.